The average Bonchev–Trinajstić information content (AvgIpc) is 2.81. The third kappa shape index (κ3) is 10.8. The van der Waals surface area contributed by atoms with E-state index in [0.29, 0.717) is 5.56 Å². The second-order valence-electron chi connectivity index (χ2n) is 10.3. The van der Waals surface area contributed by atoms with Gasteiger partial charge in [0.05, 0.1) is 11.6 Å². The fourth-order valence-corrected chi connectivity index (χ4v) is 4.31. The van der Waals surface area contributed by atoms with Gasteiger partial charge in [0.25, 0.3) is 0 Å². The highest BCUT2D eigenvalue weighted by Crippen LogP contribution is 2.20. The number of carbonyl (C=O) groups is 2. The molecule has 3 amide bonds. The van der Waals surface area contributed by atoms with Crippen LogP contribution in [0.4, 0.5) is 13.6 Å². The summed E-state index contributed by atoms with van der Waals surface area (Å²) >= 11 is 6.00. The van der Waals surface area contributed by atoms with Crippen LogP contribution in [0.15, 0.2) is 48.7 Å². The van der Waals surface area contributed by atoms with Gasteiger partial charge in [-0.25, -0.2) is 13.6 Å². The van der Waals surface area contributed by atoms with E-state index in [2.05, 4.69) is 15.6 Å². The van der Waals surface area contributed by atoms with Gasteiger partial charge in [0.1, 0.15) is 11.6 Å². The molecular weight excluding hydrogens is 526 g/mol. The Labute approximate surface area is 233 Å². The van der Waals surface area contributed by atoms with Crippen LogP contribution < -0.4 is 10.6 Å². The first-order valence-corrected chi connectivity index (χ1v) is 13.0. The number of halogens is 3. The Balaban J connectivity index is 0.000000364. The molecule has 0 aliphatic rings. The van der Waals surface area contributed by atoms with Crippen LogP contribution in [-0.2, 0) is 11.3 Å². The zero-order chi connectivity index (χ0) is 29.3. The zero-order valence-corrected chi connectivity index (χ0v) is 23.9. The second-order valence-corrected chi connectivity index (χ2v) is 10.7. The standard InChI is InChI=1S/C19H29ClFN3O3.C10H8FN/c1-12(2)24(16(9-19(4,5)27)11-22-13(3)25)18(26)23-10-14-6-7-15(21)8-17(14)20;1-7-4-9-5-10(11)3-2-8(9)6-12-7/h6-8,12,16,27H,9-11H2,1-5H3,(H,22,25)(H,23,26);2-6H,1H3. The number of aryl methyl sites for hydroxylation is 1. The molecule has 3 rings (SSSR count). The third-order valence-electron chi connectivity index (χ3n) is 5.77. The van der Waals surface area contributed by atoms with Gasteiger partial charge in [-0.2, -0.15) is 0 Å². The van der Waals surface area contributed by atoms with E-state index < -0.39 is 17.5 Å². The number of hydrogen-bond acceptors (Lipinski definition) is 4. The van der Waals surface area contributed by atoms with Crippen molar-refractivity contribution in [3.8, 4) is 0 Å². The molecule has 10 heteroatoms. The predicted molar refractivity (Wildman–Crippen MR) is 150 cm³/mol. The molecule has 0 aliphatic carbocycles. The van der Waals surface area contributed by atoms with E-state index in [-0.39, 0.29) is 48.3 Å². The van der Waals surface area contributed by atoms with Crippen LogP contribution in [0.1, 0.15) is 52.3 Å². The van der Waals surface area contributed by atoms with Crippen molar-refractivity contribution < 1.29 is 23.5 Å². The zero-order valence-electron chi connectivity index (χ0n) is 23.2. The Morgan fingerprint density at radius 2 is 1.69 bits per heavy atom. The number of fused-ring (bicyclic) bond motifs is 1. The maximum atomic E-state index is 13.2. The van der Waals surface area contributed by atoms with Crippen LogP contribution in [0.25, 0.3) is 10.8 Å². The van der Waals surface area contributed by atoms with Gasteiger partial charge in [0.2, 0.25) is 5.91 Å². The molecular formula is C29H37ClF2N4O3. The molecule has 0 fully saturated rings. The summed E-state index contributed by atoms with van der Waals surface area (Å²) in [6.45, 7) is 10.7. The first-order valence-electron chi connectivity index (χ1n) is 12.6. The summed E-state index contributed by atoms with van der Waals surface area (Å²) in [5, 5.41) is 17.8. The Bertz CT molecular complexity index is 1240. The first kappa shape index (κ1) is 31.9. The lowest BCUT2D eigenvalue weighted by molar-refractivity contribution is -0.119. The number of nitrogens with one attached hydrogen (secondary N) is 2. The number of rotatable bonds is 8. The summed E-state index contributed by atoms with van der Waals surface area (Å²) in [6, 6.07) is 9.62. The highest BCUT2D eigenvalue weighted by atomic mass is 35.5. The highest BCUT2D eigenvalue weighted by Gasteiger charge is 2.31. The van der Waals surface area contributed by atoms with Gasteiger partial charge in [0, 0.05) is 48.4 Å². The van der Waals surface area contributed by atoms with Gasteiger partial charge in [-0.05, 0) is 88.4 Å². The number of aliphatic hydroxyl groups is 1. The van der Waals surface area contributed by atoms with Crippen LogP contribution in [-0.4, -0.2) is 51.2 Å². The van der Waals surface area contributed by atoms with E-state index in [0.717, 1.165) is 16.5 Å². The van der Waals surface area contributed by atoms with E-state index in [1.807, 2.05) is 26.8 Å². The van der Waals surface area contributed by atoms with Crippen molar-refractivity contribution in [1.29, 1.82) is 0 Å². The Morgan fingerprint density at radius 3 is 2.28 bits per heavy atom. The quantitative estimate of drug-likeness (QED) is 0.326. The average molecular weight is 563 g/mol. The molecule has 1 aromatic heterocycles. The largest absolute Gasteiger partial charge is 0.390 e. The smallest absolute Gasteiger partial charge is 0.318 e. The molecule has 3 N–H and O–H groups in total. The number of urea groups is 1. The SMILES string of the molecule is CC(=O)NCC(CC(C)(C)O)N(C(=O)NCc1ccc(F)cc1Cl)C(C)C.Cc1cc2cc(F)ccc2cn1. The Kier molecular flexibility index (Phi) is 11.6. The predicted octanol–water partition coefficient (Wildman–Crippen LogP) is 5.75. The van der Waals surface area contributed by atoms with Crippen molar-refractivity contribution in [2.75, 3.05) is 6.54 Å². The van der Waals surface area contributed by atoms with E-state index in [1.54, 1.807) is 31.0 Å². The fraction of sp³-hybridized carbons (Fsp3) is 0.414. The molecule has 0 spiro atoms. The molecule has 7 nitrogen and oxygen atoms in total. The molecule has 1 heterocycles. The first-order chi connectivity index (χ1) is 18.2. The highest BCUT2D eigenvalue weighted by molar-refractivity contribution is 6.31. The van der Waals surface area contributed by atoms with E-state index in [4.69, 9.17) is 11.6 Å². The molecule has 1 unspecified atom stereocenters. The maximum absolute atomic E-state index is 13.2. The van der Waals surface area contributed by atoms with Crippen molar-refractivity contribution in [1.82, 2.24) is 20.5 Å². The fourth-order valence-electron chi connectivity index (χ4n) is 4.08. The van der Waals surface area contributed by atoms with Crippen LogP contribution in [0, 0.1) is 18.6 Å². The van der Waals surface area contributed by atoms with Crippen LogP contribution >= 0.6 is 11.6 Å². The summed E-state index contributed by atoms with van der Waals surface area (Å²) in [4.78, 5) is 29.8. The molecule has 2 aromatic carbocycles. The van der Waals surface area contributed by atoms with Crippen LogP contribution in [0.2, 0.25) is 5.02 Å². The number of aromatic nitrogens is 1. The molecule has 0 aliphatic heterocycles. The Hall–Kier alpha value is -3.30. The van der Waals surface area contributed by atoms with E-state index in [1.165, 1.54) is 37.3 Å². The van der Waals surface area contributed by atoms with Crippen LogP contribution in [0.3, 0.4) is 0 Å². The van der Waals surface area contributed by atoms with Gasteiger partial charge in [0.15, 0.2) is 0 Å². The lowest BCUT2D eigenvalue weighted by Gasteiger charge is -2.38. The number of amides is 3. The second kappa shape index (κ2) is 14.2. The lowest BCUT2D eigenvalue weighted by Crippen LogP contribution is -2.55. The van der Waals surface area contributed by atoms with Gasteiger partial charge >= 0.3 is 6.03 Å². The van der Waals surface area contributed by atoms with Crippen molar-refractivity contribution >= 4 is 34.3 Å². The van der Waals surface area contributed by atoms with E-state index >= 15 is 0 Å². The maximum Gasteiger partial charge on any atom is 0.318 e. The third-order valence-corrected chi connectivity index (χ3v) is 6.12. The molecule has 0 radical (unpaired) electrons. The van der Waals surface area contributed by atoms with Crippen molar-refractivity contribution in [2.24, 2.45) is 0 Å². The molecule has 39 heavy (non-hydrogen) atoms. The van der Waals surface area contributed by atoms with Gasteiger partial charge < -0.3 is 20.6 Å². The summed E-state index contributed by atoms with van der Waals surface area (Å²) in [7, 11) is 0. The number of carbonyl (C=O) groups excluding carboxylic acids is 2. The summed E-state index contributed by atoms with van der Waals surface area (Å²) in [5.41, 5.74) is 0.487. The summed E-state index contributed by atoms with van der Waals surface area (Å²) in [5.74, 6) is -0.856. The monoisotopic (exact) mass is 562 g/mol. The van der Waals surface area contributed by atoms with Crippen molar-refractivity contribution in [3.05, 3.63) is 76.6 Å². The molecule has 3 aromatic rings. The molecule has 0 bridgehead atoms. The molecule has 0 saturated heterocycles. The normalized spacial score (nSPS) is 12.0. The summed E-state index contributed by atoms with van der Waals surface area (Å²) in [6.07, 6.45) is 2.04. The van der Waals surface area contributed by atoms with Gasteiger partial charge in [-0.15, -0.1) is 0 Å². The minimum Gasteiger partial charge on any atom is -0.390 e. The van der Waals surface area contributed by atoms with Gasteiger partial charge in [-0.1, -0.05) is 17.7 Å². The van der Waals surface area contributed by atoms with Crippen molar-refractivity contribution in [3.63, 3.8) is 0 Å². The molecule has 1 atom stereocenters. The van der Waals surface area contributed by atoms with Gasteiger partial charge in [-0.3, -0.25) is 9.78 Å². The number of hydrogen-bond donors (Lipinski definition) is 3. The number of nitrogens with zero attached hydrogens (tertiary/aromatic N) is 2. The van der Waals surface area contributed by atoms with E-state index in [9.17, 15) is 23.5 Å². The number of benzene rings is 2. The minimum absolute atomic E-state index is 0.135. The lowest BCUT2D eigenvalue weighted by atomic mass is 9.97. The minimum atomic E-state index is -1.02. The Morgan fingerprint density at radius 1 is 1.05 bits per heavy atom. The van der Waals surface area contributed by atoms with Crippen molar-refractivity contribution in [2.45, 2.75) is 72.2 Å². The molecule has 212 valence electrons. The van der Waals surface area contributed by atoms with Crippen LogP contribution in [0.5, 0.6) is 0 Å². The molecule has 0 saturated carbocycles. The number of pyridine rings is 1. The topological polar surface area (TPSA) is 94.6 Å². The summed E-state index contributed by atoms with van der Waals surface area (Å²) < 4.78 is 25.9.